The summed E-state index contributed by atoms with van der Waals surface area (Å²) in [5.41, 5.74) is 7.04. The average molecular weight is 502 g/mol. The number of Topliss-reactive ketones (excluding diaryl/α,β-unsaturated/α-hetero) is 1. The quantitative estimate of drug-likeness (QED) is 0.327. The molecule has 2 aliphatic rings. The molecule has 0 saturated carbocycles. The predicted molar refractivity (Wildman–Crippen MR) is 145 cm³/mol. The fraction of sp³-hybridized carbons (Fsp3) is 0.500. The maximum absolute atomic E-state index is 12.3. The molecule has 36 heavy (non-hydrogen) atoms. The lowest BCUT2D eigenvalue weighted by atomic mass is 9.88. The van der Waals surface area contributed by atoms with Gasteiger partial charge in [0, 0.05) is 11.8 Å². The molecule has 0 aliphatic carbocycles. The molecule has 2 aliphatic heterocycles. The normalized spacial score (nSPS) is 16.8. The van der Waals surface area contributed by atoms with Crippen LogP contribution in [0.4, 0.5) is 0 Å². The Morgan fingerprint density at radius 2 is 1.92 bits per heavy atom. The predicted octanol–water partition coefficient (Wildman–Crippen LogP) is 5.29. The second-order valence-corrected chi connectivity index (χ2v) is 8.59. The van der Waals surface area contributed by atoms with E-state index >= 15 is 0 Å². The molecule has 0 radical (unpaired) electrons. The van der Waals surface area contributed by atoms with Crippen molar-refractivity contribution >= 4 is 24.1 Å². The van der Waals surface area contributed by atoms with Crippen molar-refractivity contribution in [2.45, 2.75) is 80.2 Å². The Kier molecular flexibility index (Phi) is 16.2. The van der Waals surface area contributed by atoms with Gasteiger partial charge < -0.3 is 20.5 Å². The monoisotopic (exact) mass is 501 g/mol. The summed E-state index contributed by atoms with van der Waals surface area (Å²) in [7, 11) is 0. The largest absolute Gasteiger partial charge is 0.479 e. The number of hydrogen-bond donors (Lipinski definition) is 2. The molecular formula is C28H43N3O5. The number of amides is 1. The summed E-state index contributed by atoms with van der Waals surface area (Å²) in [6.45, 7) is 13.4. The van der Waals surface area contributed by atoms with Crippen LogP contribution in [0, 0.1) is 5.92 Å². The number of ketones is 1. The number of nitrogens with zero attached hydrogens (tertiary/aromatic N) is 2. The van der Waals surface area contributed by atoms with Gasteiger partial charge in [0.2, 0.25) is 12.3 Å². The van der Waals surface area contributed by atoms with Crippen molar-refractivity contribution in [3.63, 3.8) is 0 Å². The number of primary amides is 1. The van der Waals surface area contributed by atoms with Gasteiger partial charge in [-0.15, -0.1) is 0 Å². The number of carboxylic acid groups (broad SMARTS) is 1. The second-order valence-electron chi connectivity index (χ2n) is 8.59. The van der Waals surface area contributed by atoms with E-state index in [0.717, 1.165) is 31.3 Å². The van der Waals surface area contributed by atoms with Crippen LogP contribution in [-0.2, 0) is 19.1 Å². The van der Waals surface area contributed by atoms with Gasteiger partial charge in [0.25, 0.3) is 0 Å². The van der Waals surface area contributed by atoms with Crippen molar-refractivity contribution in [1.82, 2.24) is 4.90 Å². The lowest BCUT2D eigenvalue weighted by Crippen LogP contribution is -2.40. The Balaban J connectivity index is 0.000000854. The number of allylic oxidation sites excluding steroid dienone is 7. The third-order valence-corrected chi connectivity index (χ3v) is 5.02. The van der Waals surface area contributed by atoms with Crippen LogP contribution in [0.2, 0.25) is 0 Å². The highest BCUT2D eigenvalue weighted by molar-refractivity contribution is 6.08. The molecule has 0 aromatic rings. The Morgan fingerprint density at radius 3 is 2.39 bits per heavy atom. The van der Waals surface area contributed by atoms with Crippen LogP contribution >= 0.6 is 0 Å². The molecule has 0 spiro atoms. The van der Waals surface area contributed by atoms with E-state index in [1.807, 2.05) is 24.9 Å². The first-order chi connectivity index (χ1) is 17.1. The number of nitrogens with two attached hydrogens (primary N) is 1. The van der Waals surface area contributed by atoms with Crippen molar-refractivity contribution in [3.05, 3.63) is 59.1 Å². The summed E-state index contributed by atoms with van der Waals surface area (Å²) in [5.74, 6) is -0.240. The first-order valence-electron chi connectivity index (χ1n) is 12.4. The van der Waals surface area contributed by atoms with E-state index in [9.17, 15) is 9.59 Å². The minimum absolute atomic E-state index is 0.0659. The molecule has 1 unspecified atom stereocenters. The number of carbonyl (C=O) groups excluding carboxylic acids is 2. The Morgan fingerprint density at radius 1 is 1.28 bits per heavy atom. The molecule has 8 heteroatoms. The highest BCUT2D eigenvalue weighted by Gasteiger charge is 2.34. The summed E-state index contributed by atoms with van der Waals surface area (Å²) in [5, 5.41) is 8.91. The maximum Gasteiger partial charge on any atom is 0.341 e. The highest BCUT2D eigenvalue weighted by Crippen LogP contribution is 2.35. The number of aliphatic imine (C=N–C) groups is 1. The van der Waals surface area contributed by atoms with Gasteiger partial charge in [-0.2, -0.15) is 0 Å². The first kappa shape index (κ1) is 32.6. The lowest BCUT2D eigenvalue weighted by Gasteiger charge is -2.38. The van der Waals surface area contributed by atoms with Crippen molar-refractivity contribution in [3.8, 4) is 0 Å². The first-order valence-corrected chi connectivity index (χ1v) is 12.4. The van der Waals surface area contributed by atoms with Crippen molar-refractivity contribution < 1.29 is 24.2 Å². The third kappa shape index (κ3) is 11.3. The van der Waals surface area contributed by atoms with Crippen LogP contribution in [0.25, 0.3) is 0 Å². The van der Waals surface area contributed by atoms with Crippen LogP contribution in [0.3, 0.4) is 0 Å². The van der Waals surface area contributed by atoms with Gasteiger partial charge in [0.15, 0.2) is 12.4 Å². The second kappa shape index (κ2) is 17.9. The van der Waals surface area contributed by atoms with Crippen LogP contribution < -0.4 is 5.73 Å². The minimum Gasteiger partial charge on any atom is -0.479 e. The fourth-order valence-corrected chi connectivity index (χ4v) is 3.64. The number of aliphatic carboxylic acids is 1. The zero-order valence-electron chi connectivity index (χ0n) is 22.8. The van der Waals surface area contributed by atoms with E-state index in [4.69, 9.17) is 14.6 Å². The summed E-state index contributed by atoms with van der Waals surface area (Å²) in [4.78, 5) is 38.1. The van der Waals surface area contributed by atoms with E-state index in [1.54, 1.807) is 0 Å². The summed E-state index contributed by atoms with van der Waals surface area (Å²) in [6.07, 6.45) is 16.6. The van der Waals surface area contributed by atoms with Gasteiger partial charge in [-0.1, -0.05) is 64.5 Å². The molecule has 3 N–H and O–H groups in total. The van der Waals surface area contributed by atoms with E-state index in [2.05, 4.69) is 68.8 Å². The lowest BCUT2D eigenvalue weighted by molar-refractivity contribution is -0.139. The SMILES string of the molecule is C/C=C\C/C=C\C(C)C.CCCC1=CC(CC)N2C=C(C)N=C(OCC(=O)O)C2=C1C(C)=O.NC=O. The standard InChI is InChI=1S/C18H24N2O4.C9H16.CH3NO/c1-5-7-13-8-14(6-2)20-9-11(3)19-18(24-10-15(22)23)17(20)16(13)12(4)21;1-4-5-6-7-8-9(2)3;2-1-3/h8-9,14H,5-7,10H2,1-4H3,(H,22,23);4-5,7-9H,6H2,1-3H3;1H,(H2,2,3)/b;5-4-,8-7-;. The molecule has 0 aromatic carbocycles. The Labute approximate surface area is 216 Å². The number of fused-ring (bicyclic) bond motifs is 1. The molecule has 2 rings (SSSR count). The summed E-state index contributed by atoms with van der Waals surface area (Å²) >= 11 is 0. The van der Waals surface area contributed by atoms with E-state index in [-0.39, 0.29) is 24.1 Å². The Hall–Kier alpha value is -3.42. The highest BCUT2D eigenvalue weighted by atomic mass is 16.5. The van der Waals surface area contributed by atoms with E-state index in [0.29, 0.717) is 22.9 Å². The topological polar surface area (TPSA) is 122 Å². The number of rotatable bonds is 9. The molecule has 1 atom stereocenters. The van der Waals surface area contributed by atoms with Gasteiger partial charge >= 0.3 is 5.97 Å². The van der Waals surface area contributed by atoms with Gasteiger partial charge in [0.1, 0.15) is 5.70 Å². The van der Waals surface area contributed by atoms with Gasteiger partial charge in [-0.05, 0) is 51.5 Å². The van der Waals surface area contributed by atoms with Crippen molar-refractivity contribution in [1.29, 1.82) is 0 Å². The molecule has 0 aromatic heterocycles. The molecule has 0 saturated heterocycles. The number of carboxylic acids is 1. The molecule has 8 nitrogen and oxygen atoms in total. The van der Waals surface area contributed by atoms with Gasteiger partial charge in [-0.25, -0.2) is 9.79 Å². The molecule has 0 fully saturated rings. The van der Waals surface area contributed by atoms with Crippen LogP contribution in [0.15, 0.2) is 64.1 Å². The van der Waals surface area contributed by atoms with Crippen LogP contribution in [-0.4, -0.2) is 46.7 Å². The minimum atomic E-state index is -1.08. The van der Waals surface area contributed by atoms with Gasteiger partial charge in [-0.3, -0.25) is 9.59 Å². The molecule has 200 valence electrons. The van der Waals surface area contributed by atoms with Gasteiger partial charge in [0.05, 0.1) is 11.7 Å². The van der Waals surface area contributed by atoms with E-state index in [1.165, 1.54) is 6.92 Å². The van der Waals surface area contributed by atoms with Crippen LogP contribution in [0.5, 0.6) is 0 Å². The average Bonchev–Trinajstić information content (AvgIpc) is 2.80. The third-order valence-electron chi connectivity index (χ3n) is 5.02. The maximum atomic E-state index is 12.3. The zero-order valence-corrected chi connectivity index (χ0v) is 22.8. The Bertz CT molecular complexity index is 923. The molecule has 1 amide bonds. The summed E-state index contributed by atoms with van der Waals surface area (Å²) < 4.78 is 5.41. The molecule has 2 heterocycles. The number of hydrogen-bond acceptors (Lipinski definition) is 6. The zero-order chi connectivity index (χ0) is 27.7. The summed E-state index contributed by atoms with van der Waals surface area (Å²) in [6, 6.07) is 0.0959. The molecule has 0 bridgehead atoms. The van der Waals surface area contributed by atoms with Crippen molar-refractivity contribution in [2.75, 3.05) is 6.61 Å². The van der Waals surface area contributed by atoms with E-state index < -0.39 is 12.6 Å². The molecular weight excluding hydrogens is 458 g/mol. The van der Waals surface area contributed by atoms with Crippen LogP contribution in [0.1, 0.15) is 74.1 Å². The number of carbonyl (C=O) groups is 3. The smallest absolute Gasteiger partial charge is 0.341 e. The number of ether oxygens (including phenoxy) is 1. The van der Waals surface area contributed by atoms with Crippen molar-refractivity contribution in [2.24, 2.45) is 16.6 Å². The fourth-order valence-electron chi connectivity index (χ4n) is 3.64.